The largest absolute Gasteiger partial charge is 0.496 e. The number of hydrogen-bond acceptors (Lipinski definition) is 5. The average Bonchev–Trinajstić information content (AvgIpc) is 2.49. The number of benzene rings is 1. The lowest BCUT2D eigenvalue weighted by Gasteiger charge is -2.18. The summed E-state index contributed by atoms with van der Waals surface area (Å²) in [5.41, 5.74) is 4.74. The summed E-state index contributed by atoms with van der Waals surface area (Å²) in [6.45, 7) is 2.53. The van der Waals surface area contributed by atoms with Crippen molar-refractivity contribution in [1.29, 1.82) is 0 Å². The van der Waals surface area contributed by atoms with Gasteiger partial charge < -0.3 is 9.47 Å². The first kappa shape index (κ1) is 15.8. The van der Waals surface area contributed by atoms with Crippen molar-refractivity contribution in [1.82, 2.24) is 10.4 Å². The third-order valence-electron chi connectivity index (χ3n) is 3.05. The molecule has 0 bridgehead atoms. The van der Waals surface area contributed by atoms with Gasteiger partial charge in [-0.15, -0.1) is 0 Å². The fourth-order valence-corrected chi connectivity index (χ4v) is 2.64. The van der Waals surface area contributed by atoms with Crippen LogP contribution in [0.4, 0.5) is 0 Å². The second-order valence-corrected chi connectivity index (χ2v) is 5.23. The Labute approximate surface area is 132 Å². The maximum Gasteiger partial charge on any atom is 0.137 e. The van der Waals surface area contributed by atoms with Crippen molar-refractivity contribution in [2.75, 3.05) is 13.7 Å². The quantitative estimate of drug-likeness (QED) is 0.618. The number of hydrogen-bond donors (Lipinski definition) is 2. The van der Waals surface area contributed by atoms with Gasteiger partial charge in [-0.2, -0.15) is 0 Å². The number of rotatable bonds is 6. The number of nitrogens with two attached hydrogens (primary N) is 1. The molecule has 1 unspecified atom stereocenters. The Morgan fingerprint density at radius 2 is 2.10 bits per heavy atom. The number of halogens is 1. The van der Waals surface area contributed by atoms with E-state index < -0.39 is 0 Å². The van der Waals surface area contributed by atoms with E-state index in [-0.39, 0.29) is 6.04 Å². The van der Waals surface area contributed by atoms with Crippen LogP contribution in [0.15, 0.2) is 41.1 Å². The molecule has 2 aromatic rings. The summed E-state index contributed by atoms with van der Waals surface area (Å²) < 4.78 is 11.6. The lowest BCUT2D eigenvalue weighted by Crippen LogP contribution is -2.29. The summed E-state index contributed by atoms with van der Waals surface area (Å²) in [5.74, 6) is 7.21. The molecule has 3 N–H and O–H groups in total. The number of nitrogens with zero attached hydrogens (tertiary/aromatic N) is 1. The lowest BCUT2D eigenvalue weighted by molar-refractivity contribution is 0.338. The Kier molecular flexibility index (Phi) is 5.55. The zero-order valence-electron chi connectivity index (χ0n) is 12.0. The van der Waals surface area contributed by atoms with E-state index in [1.54, 1.807) is 19.5 Å². The molecule has 5 nitrogen and oxygen atoms in total. The van der Waals surface area contributed by atoms with E-state index in [0.717, 1.165) is 27.1 Å². The first-order chi connectivity index (χ1) is 10.2. The molecule has 0 fully saturated rings. The van der Waals surface area contributed by atoms with Crippen LogP contribution in [0.1, 0.15) is 24.1 Å². The van der Waals surface area contributed by atoms with Crippen molar-refractivity contribution in [3.05, 3.63) is 52.3 Å². The van der Waals surface area contributed by atoms with Crippen LogP contribution >= 0.6 is 15.9 Å². The minimum atomic E-state index is -0.180. The third-order valence-corrected chi connectivity index (χ3v) is 3.67. The molecule has 112 valence electrons. The molecule has 1 heterocycles. The molecule has 21 heavy (non-hydrogen) atoms. The molecule has 0 saturated heterocycles. The van der Waals surface area contributed by atoms with Crippen LogP contribution in [0, 0.1) is 0 Å². The smallest absolute Gasteiger partial charge is 0.137 e. The van der Waals surface area contributed by atoms with Crippen molar-refractivity contribution in [3.8, 4) is 11.5 Å². The predicted molar refractivity (Wildman–Crippen MR) is 85.3 cm³/mol. The van der Waals surface area contributed by atoms with E-state index in [0.29, 0.717) is 6.61 Å². The first-order valence-electron chi connectivity index (χ1n) is 6.57. The van der Waals surface area contributed by atoms with Gasteiger partial charge in [-0.05, 0) is 52.2 Å². The molecule has 0 aliphatic rings. The van der Waals surface area contributed by atoms with Crippen LogP contribution in [0.25, 0.3) is 0 Å². The summed E-state index contributed by atoms with van der Waals surface area (Å²) in [5, 5.41) is 0. The fourth-order valence-electron chi connectivity index (χ4n) is 2.09. The number of nitrogens with one attached hydrogen (secondary N) is 1. The highest BCUT2D eigenvalue weighted by Crippen LogP contribution is 2.30. The lowest BCUT2D eigenvalue weighted by atomic mass is 10.0. The van der Waals surface area contributed by atoms with Crippen molar-refractivity contribution in [3.63, 3.8) is 0 Å². The molecule has 0 aliphatic heterocycles. The Bertz CT molecular complexity index is 607. The number of ether oxygens (including phenoxy) is 2. The van der Waals surface area contributed by atoms with E-state index in [9.17, 15) is 0 Å². The van der Waals surface area contributed by atoms with Gasteiger partial charge in [0, 0.05) is 6.20 Å². The number of pyridine rings is 1. The highest BCUT2D eigenvalue weighted by atomic mass is 79.9. The first-order valence-corrected chi connectivity index (χ1v) is 7.36. The Morgan fingerprint density at radius 3 is 2.71 bits per heavy atom. The zero-order chi connectivity index (χ0) is 15.2. The molecule has 0 amide bonds. The summed E-state index contributed by atoms with van der Waals surface area (Å²) in [4.78, 5) is 4.20. The van der Waals surface area contributed by atoms with Crippen LogP contribution in [-0.2, 0) is 0 Å². The molecular formula is C15H18BrN3O2. The summed E-state index contributed by atoms with van der Waals surface area (Å²) in [6.07, 6.45) is 3.45. The van der Waals surface area contributed by atoms with Gasteiger partial charge in [0.1, 0.15) is 11.5 Å². The molecule has 6 heteroatoms. The second kappa shape index (κ2) is 7.40. The Morgan fingerprint density at radius 1 is 1.29 bits per heavy atom. The second-order valence-electron chi connectivity index (χ2n) is 4.38. The molecular weight excluding hydrogens is 334 g/mol. The molecule has 1 aromatic heterocycles. The van der Waals surface area contributed by atoms with Crippen LogP contribution in [0.2, 0.25) is 0 Å². The normalized spacial score (nSPS) is 12.0. The zero-order valence-corrected chi connectivity index (χ0v) is 13.6. The minimum Gasteiger partial charge on any atom is -0.496 e. The SMILES string of the molecule is CCOc1cncc(C(NN)c2ccc(OC)c(Br)c2)c1. The summed E-state index contributed by atoms with van der Waals surface area (Å²) in [6, 6.07) is 7.57. The van der Waals surface area contributed by atoms with Crippen molar-refractivity contribution < 1.29 is 9.47 Å². The van der Waals surface area contributed by atoms with Crippen molar-refractivity contribution in [2.24, 2.45) is 5.84 Å². The standard InChI is InChI=1S/C15H18BrN3O2/c1-3-21-12-6-11(8-18-9-12)15(19-17)10-4-5-14(20-2)13(16)7-10/h4-9,15,19H,3,17H2,1-2H3. The van der Waals surface area contributed by atoms with Gasteiger partial charge in [0.15, 0.2) is 0 Å². The maximum absolute atomic E-state index is 5.72. The van der Waals surface area contributed by atoms with E-state index in [4.69, 9.17) is 15.3 Å². The van der Waals surface area contributed by atoms with Gasteiger partial charge in [-0.1, -0.05) is 6.07 Å². The molecule has 0 saturated carbocycles. The molecule has 0 radical (unpaired) electrons. The van der Waals surface area contributed by atoms with Crippen molar-refractivity contribution >= 4 is 15.9 Å². The Hall–Kier alpha value is -1.63. The van der Waals surface area contributed by atoms with Crippen LogP contribution < -0.4 is 20.7 Å². The number of methoxy groups -OCH3 is 1. The van der Waals surface area contributed by atoms with E-state index in [1.807, 2.05) is 31.2 Å². The van der Waals surface area contributed by atoms with E-state index in [1.165, 1.54) is 0 Å². The highest BCUT2D eigenvalue weighted by Gasteiger charge is 2.15. The fraction of sp³-hybridized carbons (Fsp3) is 0.267. The van der Waals surface area contributed by atoms with Gasteiger partial charge in [-0.3, -0.25) is 10.8 Å². The maximum atomic E-state index is 5.72. The molecule has 0 spiro atoms. The Balaban J connectivity index is 2.34. The van der Waals surface area contributed by atoms with Crippen LogP contribution in [0.5, 0.6) is 11.5 Å². The monoisotopic (exact) mass is 351 g/mol. The van der Waals surface area contributed by atoms with Crippen molar-refractivity contribution in [2.45, 2.75) is 13.0 Å². The van der Waals surface area contributed by atoms with Crippen LogP contribution in [-0.4, -0.2) is 18.7 Å². The molecule has 0 aliphatic carbocycles. The van der Waals surface area contributed by atoms with Gasteiger partial charge >= 0.3 is 0 Å². The summed E-state index contributed by atoms with van der Waals surface area (Å²) >= 11 is 3.48. The molecule has 2 rings (SSSR count). The topological polar surface area (TPSA) is 69.4 Å². The third kappa shape index (κ3) is 3.72. The van der Waals surface area contributed by atoms with E-state index >= 15 is 0 Å². The van der Waals surface area contributed by atoms with Gasteiger partial charge in [-0.25, -0.2) is 5.43 Å². The number of hydrazine groups is 1. The van der Waals surface area contributed by atoms with Gasteiger partial charge in [0.05, 0.1) is 30.4 Å². The molecule has 1 aromatic carbocycles. The van der Waals surface area contributed by atoms with Crippen LogP contribution in [0.3, 0.4) is 0 Å². The number of aromatic nitrogens is 1. The minimum absolute atomic E-state index is 0.180. The predicted octanol–water partition coefficient (Wildman–Crippen LogP) is 2.80. The average molecular weight is 352 g/mol. The summed E-state index contributed by atoms with van der Waals surface area (Å²) in [7, 11) is 1.63. The van der Waals surface area contributed by atoms with Gasteiger partial charge in [0.2, 0.25) is 0 Å². The molecule has 1 atom stereocenters. The van der Waals surface area contributed by atoms with Gasteiger partial charge in [0.25, 0.3) is 0 Å². The highest BCUT2D eigenvalue weighted by molar-refractivity contribution is 9.10. The van der Waals surface area contributed by atoms with E-state index in [2.05, 4.69) is 26.3 Å².